The predicted molar refractivity (Wildman–Crippen MR) is 76.8 cm³/mol. The summed E-state index contributed by atoms with van der Waals surface area (Å²) in [4.78, 5) is 35.2. The Morgan fingerprint density at radius 2 is 2.09 bits per heavy atom. The molecule has 0 aliphatic carbocycles. The topological polar surface area (TPSA) is 95.5 Å². The van der Waals surface area contributed by atoms with Crippen molar-refractivity contribution in [3.63, 3.8) is 0 Å². The Morgan fingerprint density at radius 3 is 2.68 bits per heavy atom. The van der Waals surface area contributed by atoms with Crippen LogP contribution in [0.5, 0.6) is 0 Å². The zero-order valence-corrected chi connectivity index (χ0v) is 12.2. The molecule has 1 aliphatic heterocycles. The van der Waals surface area contributed by atoms with Gasteiger partial charge in [0.25, 0.3) is 0 Å². The number of fused-ring (bicyclic) bond motifs is 1. The molecule has 1 aromatic carbocycles. The first-order valence-electron chi connectivity index (χ1n) is 6.92. The van der Waals surface area contributed by atoms with Crippen molar-refractivity contribution >= 4 is 23.5 Å². The predicted octanol–water partition coefficient (Wildman–Crippen LogP) is 1.48. The highest BCUT2D eigenvalue weighted by atomic mass is 19.1. The molecule has 0 saturated heterocycles. The van der Waals surface area contributed by atoms with E-state index in [1.54, 1.807) is 13.8 Å². The van der Waals surface area contributed by atoms with Crippen LogP contribution in [0.1, 0.15) is 31.7 Å². The molecule has 2 rings (SSSR count). The first-order chi connectivity index (χ1) is 10.3. The summed E-state index contributed by atoms with van der Waals surface area (Å²) in [6, 6.07) is 2.73. The normalized spacial score (nSPS) is 18.4. The van der Waals surface area contributed by atoms with E-state index in [0.717, 1.165) is 6.07 Å². The monoisotopic (exact) mass is 308 g/mol. The molecule has 2 amide bonds. The average molecular weight is 308 g/mol. The lowest BCUT2D eigenvalue weighted by Gasteiger charge is -2.27. The molecule has 3 N–H and O–H groups in total. The standard InChI is InChI=1S/C15H17FN2O4/c1-7(2)13(15(21)22)18-14(20)10-6-12(19)17-11-5-8(16)3-4-9(10)11/h3-5,7,10,13H,6H2,1-2H3,(H,17,19)(H,18,20)(H,21,22). The van der Waals surface area contributed by atoms with Crippen LogP contribution in [-0.4, -0.2) is 28.9 Å². The summed E-state index contributed by atoms with van der Waals surface area (Å²) in [6.45, 7) is 3.35. The number of hydrogen-bond acceptors (Lipinski definition) is 3. The molecule has 0 saturated carbocycles. The molecule has 7 heteroatoms. The van der Waals surface area contributed by atoms with Crippen molar-refractivity contribution in [2.75, 3.05) is 5.32 Å². The third kappa shape index (κ3) is 3.24. The number of amides is 2. The van der Waals surface area contributed by atoms with Crippen molar-refractivity contribution in [2.24, 2.45) is 5.92 Å². The maximum absolute atomic E-state index is 13.2. The molecule has 0 aromatic heterocycles. The number of benzene rings is 1. The second-order valence-electron chi connectivity index (χ2n) is 5.60. The van der Waals surface area contributed by atoms with Crippen LogP contribution in [-0.2, 0) is 14.4 Å². The lowest BCUT2D eigenvalue weighted by Crippen LogP contribution is -2.47. The van der Waals surface area contributed by atoms with Crippen LogP contribution in [0.4, 0.5) is 10.1 Å². The van der Waals surface area contributed by atoms with Crippen LogP contribution in [0.25, 0.3) is 0 Å². The van der Waals surface area contributed by atoms with E-state index in [2.05, 4.69) is 10.6 Å². The highest BCUT2D eigenvalue weighted by molar-refractivity contribution is 6.01. The summed E-state index contributed by atoms with van der Waals surface area (Å²) in [5, 5.41) is 14.1. The Kier molecular flexibility index (Phi) is 4.44. The van der Waals surface area contributed by atoms with Crippen molar-refractivity contribution in [1.82, 2.24) is 5.32 Å². The summed E-state index contributed by atoms with van der Waals surface area (Å²) in [5.41, 5.74) is 0.721. The van der Waals surface area contributed by atoms with Gasteiger partial charge in [0.15, 0.2) is 0 Å². The van der Waals surface area contributed by atoms with E-state index in [9.17, 15) is 18.8 Å². The molecular formula is C15H17FN2O4. The molecule has 0 radical (unpaired) electrons. The second kappa shape index (κ2) is 6.13. The Hall–Kier alpha value is -2.44. The summed E-state index contributed by atoms with van der Waals surface area (Å²) >= 11 is 0. The van der Waals surface area contributed by atoms with E-state index in [4.69, 9.17) is 5.11 Å². The highest BCUT2D eigenvalue weighted by Crippen LogP contribution is 2.33. The van der Waals surface area contributed by atoms with E-state index in [-0.39, 0.29) is 18.0 Å². The van der Waals surface area contributed by atoms with Gasteiger partial charge >= 0.3 is 5.97 Å². The summed E-state index contributed by atoms with van der Waals surface area (Å²) in [5.74, 6) is -3.75. The summed E-state index contributed by atoms with van der Waals surface area (Å²) in [7, 11) is 0. The van der Waals surface area contributed by atoms with Gasteiger partial charge in [-0.05, 0) is 23.6 Å². The average Bonchev–Trinajstić information content (AvgIpc) is 2.42. The van der Waals surface area contributed by atoms with Gasteiger partial charge in [0.05, 0.1) is 5.92 Å². The first-order valence-corrected chi connectivity index (χ1v) is 6.92. The van der Waals surface area contributed by atoms with Gasteiger partial charge in [0, 0.05) is 12.1 Å². The molecular weight excluding hydrogens is 291 g/mol. The number of rotatable bonds is 4. The van der Waals surface area contributed by atoms with Crippen LogP contribution in [0.15, 0.2) is 18.2 Å². The fraction of sp³-hybridized carbons (Fsp3) is 0.400. The van der Waals surface area contributed by atoms with E-state index in [0.29, 0.717) is 5.56 Å². The molecule has 0 spiro atoms. The lowest BCUT2D eigenvalue weighted by atomic mass is 9.89. The minimum absolute atomic E-state index is 0.102. The molecule has 2 atom stereocenters. The lowest BCUT2D eigenvalue weighted by molar-refractivity contribution is -0.143. The van der Waals surface area contributed by atoms with Crippen molar-refractivity contribution in [3.05, 3.63) is 29.6 Å². The number of hydrogen-bond donors (Lipinski definition) is 3. The molecule has 2 unspecified atom stereocenters. The van der Waals surface area contributed by atoms with Crippen LogP contribution in [0, 0.1) is 11.7 Å². The fourth-order valence-electron chi connectivity index (χ4n) is 2.44. The Labute approximate surface area is 126 Å². The maximum Gasteiger partial charge on any atom is 0.326 e. The third-order valence-corrected chi connectivity index (χ3v) is 3.60. The number of anilines is 1. The summed E-state index contributed by atoms with van der Waals surface area (Å²) in [6.07, 6.45) is -0.102. The number of carbonyl (C=O) groups excluding carboxylic acids is 2. The number of nitrogens with one attached hydrogen (secondary N) is 2. The maximum atomic E-state index is 13.2. The smallest absolute Gasteiger partial charge is 0.326 e. The van der Waals surface area contributed by atoms with Crippen molar-refractivity contribution in [3.8, 4) is 0 Å². The SMILES string of the molecule is CC(C)C(NC(=O)C1CC(=O)Nc2cc(F)ccc21)C(=O)O. The van der Waals surface area contributed by atoms with E-state index in [1.165, 1.54) is 12.1 Å². The quantitative estimate of drug-likeness (QED) is 0.785. The molecule has 0 bridgehead atoms. The Balaban J connectivity index is 2.27. The third-order valence-electron chi connectivity index (χ3n) is 3.60. The molecule has 22 heavy (non-hydrogen) atoms. The molecule has 1 heterocycles. The van der Waals surface area contributed by atoms with Crippen molar-refractivity contribution < 1.29 is 23.9 Å². The fourth-order valence-corrected chi connectivity index (χ4v) is 2.44. The largest absolute Gasteiger partial charge is 0.480 e. The van der Waals surface area contributed by atoms with Crippen LogP contribution >= 0.6 is 0 Å². The zero-order chi connectivity index (χ0) is 16.4. The zero-order valence-electron chi connectivity index (χ0n) is 12.2. The van der Waals surface area contributed by atoms with Gasteiger partial charge < -0.3 is 15.7 Å². The van der Waals surface area contributed by atoms with E-state index >= 15 is 0 Å². The van der Waals surface area contributed by atoms with Crippen molar-refractivity contribution in [1.29, 1.82) is 0 Å². The van der Waals surface area contributed by atoms with Gasteiger partial charge in [-0.25, -0.2) is 9.18 Å². The minimum atomic E-state index is -1.14. The first kappa shape index (κ1) is 15.9. The van der Waals surface area contributed by atoms with Gasteiger partial charge in [-0.1, -0.05) is 19.9 Å². The Morgan fingerprint density at radius 1 is 1.41 bits per heavy atom. The molecule has 1 aliphatic rings. The second-order valence-corrected chi connectivity index (χ2v) is 5.60. The number of aliphatic carboxylic acids is 1. The van der Waals surface area contributed by atoms with Gasteiger partial charge in [-0.2, -0.15) is 0 Å². The highest BCUT2D eigenvalue weighted by Gasteiger charge is 2.33. The van der Waals surface area contributed by atoms with Crippen LogP contribution < -0.4 is 10.6 Å². The molecule has 0 fully saturated rings. The van der Waals surface area contributed by atoms with E-state index in [1.807, 2.05) is 0 Å². The number of carboxylic acids is 1. The van der Waals surface area contributed by atoms with E-state index < -0.39 is 35.6 Å². The van der Waals surface area contributed by atoms with Gasteiger partial charge in [0.1, 0.15) is 11.9 Å². The van der Waals surface area contributed by atoms with Crippen LogP contribution in [0.2, 0.25) is 0 Å². The van der Waals surface area contributed by atoms with Gasteiger partial charge in [0.2, 0.25) is 11.8 Å². The van der Waals surface area contributed by atoms with Gasteiger partial charge in [-0.15, -0.1) is 0 Å². The molecule has 118 valence electrons. The minimum Gasteiger partial charge on any atom is -0.480 e. The number of carboxylic acid groups (broad SMARTS) is 1. The summed E-state index contributed by atoms with van der Waals surface area (Å²) < 4.78 is 13.2. The number of carbonyl (C=O) groups is 3. The number of halogens is 1. The molecule has 6 nitrogen and oxygen atoms in total. The van der Waals surface area contributed by atoms with Crippen LogP contribution in [0.3, 0.4) is 0 Å². The Bertz CT molecular complexity index is 630. The van der Waals surface area contributed by atoms with Gasteiger partial charge in [-0.3, -0.25) is 9.59 Å². The van der Waals surface area contributed by atoms with Crippen molar-refractivity contribution in [2.45, 2.75) is 32.2 Å². The molecule has 1 aromatic rings.